The maximum Gasteiger partial charge on any atom is 0.192 e. The van der Waals surface area contributed by atoms with Gasteiger partial charge in [0.25, 0.3) is 0 Å². The highest BCUT2D eigenvalue weighted by Crippen LogP contribution is 2.67. The molecule has 1 saturated heterocycles. The normalized spacial score (nSPS) is 30.8. The third-order valence-electron chi connectivity index (χ3n) is 4.83. The van der Waals surface area contributed by atoms with Crippen molar-refractivity contribution < 1.29 is 14.1 Å². The van der Waals surface area contributed by atoms with Gasteiger partial charge in [-0.3, -0.25) is 4.79 Å². The van der Waals surface area contributed by atoms with Crippen LogP contribution < -0.4 is 0 Å². The molecule has 102 valence electrons. The number of nitrogens with zero attached hydrogens (tertiary/aromatic N) is 1. The summed E-state index contributed by atoms with van der Waals surface area (Å²) >= 11 is 3.50. The van der Waals surface area contributed by atoms with Gasteiger partial charge in [-0.1, -0.05) is 34.9 Å². The van der Waals surface area contributed by atoms with Gasteiger partial charge in [0.1, 0.15) is 11.5 Å². The zero-order valence-electron chi connectivity index (χ0n) is 11.6. The van der Waals surface area contributed by atoms with Crippen molar-refractivity contribution in [1.29, 1.82) is 0 Å². The molecule has 4 nitrogen and oxygen atoms in total. The Bertz CT molecular complexity index is 627. The molecule has 0 N–H and O–H groups in total. The molecule has 1 aliphatic heterocycles. The minimum absolute atomic E-state index is 0.0876. The van der Waals surface area contributed by atoms with E-state index in [1.807, 2.05) is 13.8 Å². The van der Waals surface area contributed by atoms with Gasteiger partial charge in [0.15, 0.2) is 11.4 Å². The highest BCUT2D eigenvalue weighted by Gasteiger charge is 2.71. The largest absolute Gasteiger partial charge is 0.361 e. The van der Waals surface area contributed by atoms with E-state index in [1.54, 1.807) is 13.0 Å². The third-order valence-corrected chi connectivity index (χ3v) is 5.62. The van der Waals surface area contributed by atoms with Crippen LogP contribution in [-0.4, -0.2) is 16.5 Å². The number of hydrogen-bond donors (Lipinski definition) is 0. The van der Waals surface area contributed by atoms with Crippen molar-refractivity contribution in [1.82, 2.24) is 5.16 Å². The fraction of sp³-hybridized carbons (Fsp3) is 0.571. The SMILES string of the molecule is Cc1onc2c1C(=O)C=C(Br)C21OC(C)(C)C1(C)C. The number of halogens is 1. The van der Waals surface area contributed by atoms with Crippen LogP contribution in [0, 0.1) is 12.3 Å². The van der Waals surface area contributed by atoms with E-state index in [4.69, 9.17) is 9.26 Å². The standard InChI is InChI=1S/C14H16BrNO3/c1-7-10-8(17)6-9(15)14(11(10)16-18-7)12(2,3)13(4,5)19-14/h6H,1-5H3. The fourth-order valence-corrected chi connectivity index (χ4v) is 3.98. The maximum atomic E-state index is 12.1. The van der Waals surface area contributed by atoms with Crippen LogP contribution >= 0.6 is 15.9 Å². The first-order valence-corrected chi connectivity index (χ1v) is 7.03. The molecule has 2 heterocycles. The zero-order chi connectivity index (χ0) is 14.2. The first-order chi connectivity index (χ1) is 8.65. The smallest absolute Gasteiger partial charge is 0.192 e. The number of allylic oxidation sites excluding steroid dienone is 1. The van der Waals surface area contributed by atoms with E-state index in [9.17, 15) is 4.79 Å². The Morgan fingerprint density at radius 1 is 1.26 bits per heavy atom. The molecule has 1 aromatic rings. The quantitative estimate of drug-likeness (QED) is 0.732. The lowest BCUT2D eigenvalue weighted by Crippen LogP contribution is -2.70. The molecule has 0 amide bonds. The van der Waals surface area contributed by atoms with Gasteiger partial charge in [-0.25, -0.2) is 0 Å². The summed E-state index contributed by atoms with van der Waals surface area (Å²) in [7, 11) is 0. The fourth-order valence-electron chi connectivity index (χ4n) is 3.01. The van der Waals surface area contributed by atoms with E-state index in [0.717, 1.165) is 4.48 Å². The zero-order valence-corrected chi connectivity index (χ0v) is 13.2. The van der Waals surface area contributed by atoms with Gasteiger partial charge in [0, 0.05) is 9.90 Å². The molecule has 19 heavy (non-hydrogen) atoms. The van der Waals surface area contributed by atoms with Crippen LogP contribution in [-0.2, 0) is 10.3 Å². The number of rotatable bonds is 0. The molecule has 3 rings (SSSR count). The summed E-state index contributed by atoms with van der Waals surface area (Å²) in [5, 5.41) is 4.10. The summed E-state index contributed by atoms with van der Waals surface area (Å²) in [5.74, 6) is 0.454. The molecule has 2 aliphatic rings. The molecule has 1 aromatic heterocycles. The van der Waals surface area contributed by atoms with Crippen LogP contribution in [0.2, 0.25) is 0 Å². The van der Waals surface area contributed by atoms with Crippen LogP contribution in [0.4, 0.5) is 0 Å². The van der Waals surface area contributed by atoms with E-state index in [2.05, 4.69) is 34.9 Å². The molecule has 1 aliphatic carbocycles. The van der Waals surface area contributed by atoms with Crippen LogP contribution in [0.15, 0.2) is 15.1 Å². The highest BCUT2D eigenvalue weighted by atomic mass is 79.9. The minimum atomic E-state index is -0.725. The van der Waals surface area contributed by atoms with Crippen molar-refractivity contribution in [2.45, 2.75) is 45.8 Å². The van der Waals surface area contributed by atoms with Crippen LogP contribution in [0.5, 0.6) is 0 Å². The molecule has 0 bridgehead atoms. The average Bonchev–Trinajstić information content (AvgIpc) is 2.66. The average molecular weight is 326 g/mol. The first kappa shape index (κ1) is 13.1. The van der Waals surface area contributed by atoms with Gasteiger partial charge in [-0.2, -0.15) is 0 Å². The number of fused-ring (bicyclic) bond motifs is 2. The Morgan fingerprint density at radius 2 is 1.89 bits per heavy atom. The number of aromatic nitrogens is 1. The lowest BCUT2D eigenvalue weighted by atomic mass is 9.56. The summed E-state index contributed by atoms with van der Waals surface area (Å²) in [6, 6.07) is 0. The van der Waals surface area contributed by atoms with Crippen LogP contribution in [0.1, 0.15) is 49.5 Å². The van der Waals surface area contributed by atoms with Gasteiger partial charge in [0.2, 0.25) is 0 Å². The molecule has 5 heteroatoms. The summed E-state index contributed by atoms with van der Waals surface area (Å²) in [6.45, 7) is 10.1. The van der Waals surface area contributed by atoms with E-state index in [-0.39, 0.29) is 16.8 Å². The number of carbonyl (C=O) groups excluding carboxylic acids is 1. The predicted molar refractivity (Wildman–Crippen MR) is 73.2 cm³/mol. The molecule has 0 saturated carbocycles. The molecule has 0 aromatic carbocycles. The second kappa shape index (κ2) is 3.38. The monoisotopic (exact) mass is 325 g/mol. The Kier molecular flexibility index (Phi) is 2.33. The van der Waals surface area contributed by atoms with Crippen molar-refractivity contribution in [3.63, 3.8) is 0 Å². The van der Waals surface area contributed by atoms with Gasteiger partial charge in [-0.15, -0.1) is 0 Å². The molecule has 1 atom stereocenters. The molecule has 1 spiro atoms. The maximum absolute atomic E-state index is 12.1. The van der Waals surface area contributed by atoms with E-state index in [0.29, 0.717) is 17.0 Å². The minimum Gasteiger partial charge on any atom is -0.361 e. The van der Waals surface area contributed by atoms with Gasteiger partial charge in [0.05, 0.1) is 11.2 Å². The van der Waals surface area contributed by atoms with Crippen LogP contribution in [0.25, 0.3) is 0 Å². The Morgan fingerprint density at radius 3 is 2.42 bits per heavy atom. The second-order valence-electron chi connectivity index (χ2n) is 6.24. The number of aryl methyl sites for hydroxylation is 1. The number of ketones is 1. The Balaban J connectivity index is 2.29. The predicted octanol–water partition coefficient (Wildman–Crippen LogP) is 3.49. The van der Waals surface area contributed by atoms with E-state index in [1.165, 1.54) is 0 Å². The number of carbonyl (C=O) groups is 1. The number of hydrogen-bond acceptors (Lipinski definition) is 4. The van der Waals surface area contributed by atoms with Gasteiger partial charge in [-0.05, 0) is 26.8 Å². The Labute approximate surface area is 120 Å². The lowest BCUT2D eigenvalue weighted by molar-refractivity contribution is -0.345. The van der Waals surface area contributed by atoms with Crippen molar-refractivity contribution in [2.24, 2.45) is 5.41 Å². The topological polar surface area (TPSA) is 52.3 Å². The molecule has 1 fully saturated rings. The van der Waals surface area contributed by atoms with Gasteiger partial charge < -0.3 is 9.26 Å². The van der Waals surface area contributed by atoms with Crippen LogP contribution in [0.3, 0.4) is 0 Å². The van der Waals surface area contributed by atoms with Crippen molar-refractivity contribution >= 4 is 21.7 Å². The molecular weight excluding hydrogens is 310 g/mol. The van der Waals surface area contributed by atoms with Crippen molar-refractivity contribution in [2.75, 3.05) is 0 Å². The second-order valence-corrected chi connectivity index (χ2v) is 7.09. The lowest BCUT2D eigenvalue weighted by Gasteiger charge is -2.66. The highest BCUT2D eigenvalue weighted by molar-refractivity contribution is 9.11. The first-order valence-electron chi connectivity index (χ1n) is 6.24. The van der Waals surface area contributed by atoms with Gasteiger partial charge >= 0.3 is 0 Å². The third kappa shape index (κ3) is 1.23. The molecular formula is C14H16BrNO3. The summed E-state index contributed by atoms with van der Waals surface area (Å²) < 4.78 is 12.1. The summed E-state index contributed by atoms with van der Waals surface area (Å²) in [6.07, 6.45) is 1.57. The Hall–Kier alpha value is -0.940. The van der Waals surface area contributed by atoms with Crippen molar-refractivity contribution in [3.05, 3.63) is 27.6 Å². The van der Waals surface area contributed by atoms with E-state index < -0.39 is 5.60 Å². The summed E-state index contributed by atoms with van der Waals surface area (Å²) in [4.78, 5) is 12.1. The molecule has 0 radical (unpaired) electrons. The van der Waals surface area contributed by atoms with E-state index >= 15 is 0 Å². The summed E-state index contributed by atoms with van der Waals surface area (Å²) in [5.41, 5.74) is -0.115. The number of ether oxygens (including phenoxy) is 1. The molecule has 1 unspecified atom stereocenters. The van der Waals surface area contributed by atoms with Crippen molar-refractivity contribution in [3.8, 4) is 0 Å².